The van der Waals surface area contributed by atoms with Crippen LogP contribution < -0.4 is 10.3 Å². The number of carbonyl (C=O) groups excluding carboxylic acids is 1. The Balaban J connectivity index is 1.80. The summed E-state index contributed by atoms with van der Waals surface area (Å²) < 4.78 is 7.19. The lowest BCUT2D eigenvalue weighted by atomic mass is 10.1. The fourth-order valence-electron chi connectivity index (χ4n) is 3.26. The number of nitriles is 1. The van der Waals surface area contributed by atoms with Crippen LogP contribution in [0.3, 0.4) is 0 Å². The second-order valence-corrected chi connectivity index (χ2v) is 6.97. The predicted molar refractivity (Wildman–Crippen MR) is 91.3 cm³/mol. The van der Waals surface area contributed by atoms with Crippen LogP contribution in [0.5, 0.6) is 5.75 Å². The molecule has 1 unspecified atom stereocenters. The number of hydrogen-bond donors (Lipinski definition) is 0. The minimum atomic E-state index is -0.302. The number of carbonyl (C=O) groups is 1. The van der Waals surface area contributed by atoms with E-state index in [0.717, 1.165) is 24.6 Å². The molecule has 128 valence electrons. The van der Waals surface area contributed by atoms with E-state index in [0.29, 0.717) is 34.5 Å². The Morgan fingerprint density at radius 1 is 1.48 bits per heavy atom. The number of ether oxygens (including phenoxy) is 1. The molecule has 2 aromatic rings. The van der Waals surface area contributed by atoms with Crippen LogP contribution in [0.2, 0.25) is 0 Å². The van der Waals surface area contributed by atoms with Gasteiger partial charge in [0.15, 0.2) is 6.23 Å². The van der Waals surface area contributed by atoms with E-state index < -0.39 is 0 Å². The molecule has 1 amide bonds. The first kappa shape index (κ1) is 15.9. The fourth-order valence-corrected chi connectivity index (χ4v) is 3.71. The highest BCUT2D eigenvalue weighted by molar-refractivity contribution is 8.03. The zero-order chi connectivity index (χ0) is 17.6. The van der Waals surface area contributed by atoms with Crippen molar-refractivity contribution in [1.82, 2.24) is 19.9 Å². The van der Waals surface area contributed by atoms with Gasteiger partial charge in [-0.15, -0.1) is 5.10 Å². The normalized spacial score (nSPS) is 19.9. The third kappa shape index (κ3) is 2.53. The van der Waals surface area contributed by atoms with E-state index in [2.05, 4.69) is 10.3 Å². The molecular formula is C16H15N5O3S. The Morgan fingerprint density at radius 2 is 2.32 bits per heavy atom. The maximum Gasteiger partial charge on any atom is 0.278 e. The van der Waals surface area contributed by atoms with Crippen LogP contribution in [0.15, 0.2) is 16.9 Å². The summed E-state index contributed by atoms with van der Waals surface area (Å²) in [6.07, 6.45) is 1.45. The van der Waals surface area contributed by atoms with Crippen molar-refractivity contribution in [3.05, 3.63) is 28.0 Å². The molecule has 0 bridgehead atoms. The summed E-state index contributed by atoms with van der Waals surface area (Å²) in [7, 11) is 0. The van der Waals surface area contributed by atoms with Crippen molar-refractivity contribution in [2.75, 3.05) is 12.3 Å². The van der Waals surface area contributed by atoms with Gasteiger partial charge in [-0.25, -0.2) is 4.68 Å². The van der Waals surface area contributed by atoms with Gasteiger partial charge in [-0.3, -0.25) is 9.59 Å². The van der Waals surface area contributed by atoms with Crippen LogP contribution in [-0.2, 0) is 0 Å². The van der Waals surface area contributed by atoms with Crippen molar-refractivity contribution in [3.63, 3.8) is 0 Å². The van der Waals surface area contributed by atoms with Gasteiger partial charge in [0.1, 0.15) is 16.7 Å². The lowest BCUT2D eigenvalue weighted by molar-refractivity contribution is 0.0295. The number of aromatic nitrogens is 3. The van der Waals surface area contributed by atoms with Gasteiger partial charge in [-0.05, 0) is 37.2 Å². The van der Waals surface area contributed by atoms with Gasteiger partial charge in [-0.1, -0.05) is 5.21 Å². The maximum atomic E-state index is 12.7. The second kappa shape index (κ2) is 6.04. The number of nitrogens with zero attached hydrogens (tertiary/aromatic N) is 5. The van der Waals surface area contributed by atoms with Crippen LogP contribution in [-0.4, -0.2) is 44.3 Å². The van der Waals surface area contributed by atoms with Crippen LogP contribution in [0.25, 0.3) is 10.9 Å². The van der Waals surface area contributed by atoms with Crippen LogP contribution >= 0.6 is 11.8 Å². The third-order valence-corrected chi connectivity index (χ3v) is 5.32. The van der Waals surface area contributed by atoms with Gasteiger partial charge in [0.25, 0.3) is 11.5 Å². The molecule has 25 heavy (non-hydrogen) atoms. The second-order valence-electron chi connectivity index (χ2n) is 6.17. The summed E-state index contributed by atoms with van der Waals surface area (Å²) in [5.74, 6) is 0.778. The van der Waals surface area contributed by atoms with E-state index in [1.165, 1.54) is 4.68 Å². The molecule has 8 nitrogen and oxygen atoms in total. The summed E-state index contributed by atoms with van der Waals surface area (Å²) in [6, 6.07) is 2.91. The van der Waals surface area contributed by atoms with Crippen molar-refractivity contribution >= 4 is 28.6 Å². The minimum Gasteiger partial charge on any atom is -0.470 e. The van der Waals surface area contributed by atoms with Crippen molar-refractivity contribution in [2.45, 2.75) is 32.0 Å². The van der Waals surface area contributed by atoms with Gasteiger partial charge in [0, 0.05) is 18.7 Å². The summed E-state index contributed by atoms with van der Waals surface area (Å²) in [4.78, 5) is 27.1. The molecule has 2 atom stereocenters. The zero-order valence-corrected chi connectivity index (χ0v) is 14.3. The Labute approximate surface area is 147 Å². The van der Waals surface area contributed by atoms with Gasteiger partial charge in [-0.2, -0.15) is 5.26 Å². The zero-order valence-electron chi connectivity index (χ0n) is 13.5. The molecule has 3 heterocycles. The molecule has 0 radical (unpaired) electrons. The molecule has 2 aliphatic rings. The van der Waals surface area contributed by atoms with E-state index in [1.54, 1.807) is 24.0 Å². The summed E-state index contributed by atoms with van der Waals surface area (Å²) in [5, 5.41) is 19.1. The summed E-state index contributed by atoms with van der Waals surface area (Å²) in [6.45, 7) is 2.49. The predicted octanol–water partition coefficient (Wildman–Crippen LogP) is 1.52. The molecule has 1 saturated heterocycles. The van der Waals surface area contributed by atoms with E-state index >= 15 is 0 Å². The topological polar surface area (TPSA) is 101 Å². The van der Waals surface area contributed by atoms with Crippen molar-refractivity contribution in [3.8, 4) is 11.2 Å². The van der Waals surface area contributed by atoms with Crippen LogP contribution in [0, 0.1) is 10.7 Å². The number of thiocyanates is 1. The minimum absolute atomic E-state index is 0.0876. The molecule has 4 rings (SSSR count). The molecular weight excluding hydrogens is 342 g/mol. The average Bonchev–Trinajstić information content (AvgIpc) is 3.08. The Kier molecular flexibility index (Phi) is 3.84. The lowest BCUT2D eigenvalue weighted by Gasteiger charge is -2.31. The van der Waals surface area contributed by atoms with Gasteiger partial charge < -0.3 is 9.64 Å². The monoisotopic (exact) mass is 357 g/mol. The number of fused-ring (bicyclic) bond motifs is 3. The number of thioether (sulfide) groups is 1. The fraction of sp³-hybridized carbons (Fsp3) is 0.438. The molecule has 1 fully saturated rings. The Hall–Kier alpha value is -2.60. The maximum absolute atomic E-state index is 12.7. The van der Waals surface area contributed by atoms with E-state index in [4.69, 9.17) is 10.00 Å². The highest BCUT2D eigenvalue weighted by Gasteiger charge is 2.37. The standard InChI is InChI=1S/C16H15N5O3S/c1-9(7-25-8-17)21-16(23)10-6-13-11(5-12(10)18-19-21)15(22)20-4-2-3-14(20)24-13/h5-6,9,14H,2-4,7H2,1H3/t9-,14?/m1/s1. The number of amides is 1. The molecule has 0 aliphatic carbocycles. The lowest BCUT2D eigenvalue weighted by Crippen LogP contribution is -2.43. The quantitative estimate of drug-likeness (QED) is 0.768. The first-order valence-electron chi connectivity index (χ1n) is 8.02. The molecule has 2 aliphatic heterocycles. The number of rotatable bonds is 3. The molecule has 9 heteroatoms. The van der Waals surface area contributed by atoms with E-state index in [9.17, 15) is 9.59 Å². The van der Waals surface area contributed by atoms with Crippen LogP contribution in [0.4, 0.5) is 0 Å². The van der Waals surface area contributed by atoms with E-state index in [-0.39, 0.29) is 23.7 Å². The van der Waals surface area contributed by atoms with Gasteiger partial charge in [0.05, 0.1) is 17.0 Å². The van der Waals surface area contributed by atoms with Crippen molar-refractivity contribution in [2.24, 2.45) is 0 Å². The Bertz CT molecular complexity index is 967. The highest BCUT2D eigenvalue weighted by atomic mass is 32.2. The first-order valence-corrected chi connectivity index (χ1v) is 9.00. The third-order valence-electron chi connectivity index (χ3n) is 4.54. The van der Waals surface area contributed by atoms with Crippen molar-refractivity contribution in [1.29, 1.82) is 5.26 Å². The molecule has 0 N–H and O–H groups in total. The average molecular weight is 357 g/mol. The largest absolute Gasteiger partial charge is 0.470 e. The molecule has 0 saturated carbocycles. The van der Waals surface area contributed by atoms with Gasteiger partial charge in [0.2, 0.25) is 0 Å². The number of hydrogen-bond acceptors (Lipinski definition) is 7. The SMILES string of the molecule is C[C@H](CSC#N)n1nnc2cc3c(cc2c1=O)OC1CCCN1C3=O. The molecule has 1 aromatic carbocycles. The van der Waals surface area contributed by atoms with Crippen LogP contribution in [0.1, 0.15) is 36.2 Å². The smallest absolute Gasteiger partial charge is 0.278 e. The molecule has 1 aromatic heterocycles. The van der Waals surface area contributed by atoms with Crippen molar-refractivity contribution < 1.29 is 9.53 Å². The highest BCUT2D eigenvalue weighted by Crippen LogP contribution is 2.34. The summed E-state index contributed by atoms with van der Waals surface area (Å²) >= 11 is 1.06. The molecule has 0 spiro atoms. The summed E-state index contributed by atoms with van der Waals surface area (Å²) in [5.41, 5.74) is 0.489. The first-order chi connectivity index (χ1) is 12.1. The Morgan fingerprint density at radius 3 is 3.12 bits per heavy atom. The number of benzene rings is 1. The van der Waals surface area contributed by atoms with E-state index in [1.807, 2.05) is 5.40 Å². The van der Waals surface area contributed by atoms with Gasteiger partial charge >= 0.3 is 0 Å².